The number of halogens is 1. The van der Waals surface area contributed by atoms with Crippen molar-refractivity contribution in [3.05, 3.63) is 71.8 Å². The molecule has 0 saturated carbocycles. The molecule has 4 rings (SSSR count). The van der Waals surface area contributed by atoms with Gasteiger partial charge in [0, 0.05) is 40.7 Å². The molecule has 27 heavy (non-hydrogen) atoms. The van der Waals surface area contributed by atoms with Crippen LogP contribution in [0.4, 0.5) is 4.39 Å². The Hall–Kier alpha value is -3.12. The van der Waals surface area contributed by atoms with E-state index in [2.05, 4.69) is 15.3 Å². The van der Waals surface area contributed by atoms with Gasteiger partial charge in [0.25, 0.3) is 0 Å². The second-order valence-corrected chi connectivity index (χ2v) is 6.71. The summed E-state index contributed by atoms with van der Waals surface area (Å²) >= 11 is 0. The van der Waals surface area contributed by atoms with Crippen molar-refractivity contribution < 1.29 is 9.18 Å². The predicted molar refractivity (Wildman–Crippen MR) is 105 cm³/mol. The normalized spacial score (nSPS) is 12.5. The van der Waals surface area contributed by atoms with Gasteiger partial charge in [0.2, 0.25) is 5.91 Å². The predicted octanol–water partition coefficient (Wildman–Crippen LogP) is 3.02. The molecule has 5 N–H and O–H groups in total. The van der Waals surface area contributed by atoms with Gasteiger partial charge in [-0.05, 0) is 48.2 Å². The highest BCUT2D eigenvalue weighted by Gasteiger charge is 2.16. The molecule has 0 spiro atoms. The quantitative estimate of drug-likeness (QED) is 0.424. The largest absolute Gasteiger partial charge is 0.361 e. The molecule has 1 atom stereocenters. The lowest BCUT2D eigenvalue weighted by molar-refractivity contribution is -0.122. The fourth-order valence-corrected chi connectivity index (χ4v) is 3.44. The molecule has 6 heteroatoms. The summed E-state index contributed by atoms with van der Waals surface area (Å²) in [6, 6.07) is 12.0. The minimum Gasteiger partial charge on any atom is -0.361 e. The Kier molecular flexibility index (Phi) is 4.64. The summed E-state index contributed by atoms with van der Waals surface area (Å²) in [6.07, 6.45) is 4.82. The van der Waals surface area contributed by atoms with Gasteiger partial charge in [0.05, 0.1) is 6.04 Å². The van der Waals surface area contributed by atoms with E-state index in [1.54, 1.807) is 6.07 Å². The number of nitrogens with two attached hydrogens (primary N) is 1. The van der Waals surface area contributed by atoms with Crippen LogP contribution < -0.4 is 11.1 Å². The summed E-state index contributed by atoms with van der Waals surface area (Å²) in [6.45, 7) is 0.448. The molecule has 0 aliphatic rings. The molecular weight excluding hydrogens is 343 g/mol. The van der Waals surface area contributed by atoms with Crippen molar-refractivity contribution in [2.45, 2.75) is 18.9 Å². The molecule has 0 bridgehead atoms. The third-order valence-corrected chi connectivity index (χ3v) is 4.87. The van der Waals surface area contributed by atoms with Gasteiger partial charge in [-0.2, -0.15) is 0 Å². The number of para-hydroxylation sites is 1. The minimum absolute atomic E-state index is 0.189. The second-order valence-electron chi connectivity index (χ2n) is 6.71. The minimum atomic E-state index is -0.621. The maximum absolute atomic E-state index is 13.4. The first-order chi connectivity index (χ1) is 13.1. The highest BCUT2D eigenvalue weighted by molar-refractivity contribution is 5.86. The van der Waals surface area contributed by atoms with Gasteiger partial charge < -0.3 is 21.0 Å². The molecule has 2 aromatic heterocycles. The van der Waals surface area contributed by atoms with E-state index in [1.165, 1.54) is 12.1 Å². The van der Waals surface area contributed by atoms with Crippen molar-refractivity contribution in [3.63, 3.8) is 0 Å². The molecule has 0 radical (unpaired) electrons. The Labute approximate surface area is 155 Å². The second kappa shape index (κ2) is 7.25. The van der Waals surface area contributed by atoms with Crippen molar-refractivity contribution in [3.8, 4) is 0 Å². The van der Waals surface area contributed by atoms with Gasteiger partial charge in [-0.1, -0.05) is 18.2 Å². The van der Waals surface area contributed by atoms with Gasteiger partial charge in [0.1, 0.15) is 5.82 Å². The third-order valence-electron chi connectivity index (χ3n) is 4.87. The van der Waals surface area contributed by atoms with Crippen LogP contribution in [0.3, 0.4) is 0 Å². The number of aromatic nitrogens is 2. The highest BCUT2D eigenvalue weighted by atomic mass is 19.1. The number of aromatic amines is 2. The van der Waals surface area contributed by atoms with E-state index in [9.17, 15) is 9.18 Å². The van der Waals surface area contributed by atoms with Gasteiger partial charge in [-0.25, -0.2) is 4.39 Å². The molecule has 2 heterocycles. The summed E-state index contributed by atoms with van der Waals surface area (Å²) in [5.74, 6) is -0.459. The maximum atomic E-state index is 13.4. The van der Waals surface area contributed by atoms with Crippen LogP contribution in [0.25, 0.3) is 21.8 Å². The fourth-order valence-electron chi connectivity index (χ4n) is 3.44. The number of nitrogens with one attached hydrogen (secondary N) is 3. The molecular formula is C21H21FN4O. The zero-order valence-corrected chi connectivity index (χ0v) is 14.8. The van der Waals surface area contributed by atoms with Gasteiger partial charge >= 0.3 is 0 Å². The van der Waals surface area contributed by atoms with Gasteiger partial charge in [-0.15, -0.1) is 0 Å². The number of amides is 1. The van der Waals surface area contributed by atoms with Crippen LogP contribution in [0.1, 0.15) is 11.1 Å². The van der Waals surface area contributed by atoms with Crippen LogP contribution in [-0.2, 0) is 17.6 Å². The van der Waals surface area contributed by atoms with E-state index in [0.717, 1.165) is 32.9 Å². The van der Waals surface area contributed by atoms with E-state index in [4.69, 9.17) is 5.73 Å². The number of carbonyl (C=O) groups excluding carboxylic acids is 1. The summed E-state index contributed by atoms with van der Waals surface area (Å²) in [5.41, 5.74) is 10.0. The van der Waals surface area contributed by atoms with E-state index >= 15 is 0 Å². The number of hydrogen-bond acceptors (Lipinski definition) is 2. The van der Waals surface area contributed by atoms with Crippen molar-refractivity contribution >= 4 is 27.7 Å². The lowest BCUT2D eigenvalue weighted by Crippen LogP contribution is -2.42. The number of fused-ring (bicyclic) bond motifs is 2. The van der Waals surface area contributed by atoms with Crippen molar-refractivity contribution in [1.82, 2.24) is 15.3 Å². The molecule has 0 aliphatic heterocycles. The number of H-pyrrole nitrogens is 2. The van der Waals surface area contributed by atoms with E-state index in [-0.39, 0.29) is 11.7 Å². The Morgan fingerprint density at radius 2 is 1.78 bits per heavy atom. The van der Waals surface area contributed by atoms with Gasteiger partial charge in [-0.3, -0.25) is 4.79 Å². The number of carbonyl (C=O) groups is 1. The molecule has 1 amide bonds. The summed E-state index contributed by atoms with van der Waals surface area (Å²) in [4.78, 5) is 18.6. The lowest BCUT2D eigenvalue weighted by Gasteiger charge is -2.12. The summed E-state index contributed by atoms with van der Waals surface area (Å²) in [5, 5.41) is 4.80. The first-order valence-corrected chi connectivity index (χ1v) is 8.95. The van der Waals surface area contributed by atoms with Crippen LogP contribution in [0, 0.1) is 5.82 Å². The van der Waals surface area contributed by atoms with E-state index < -0.39 is 6.04 Å². The lowest BCUT2D eigenvalue weighted by atomic mass is 10.0. The first-order valence-electron chi connectivity index (χ1n) is 8.95. The highest BCUT2D eigenvalue weighted by Crippen LogP contribution is 2.20. The molecule has 4 aromatic rings. The van der Waals surface area contributed by atoms with Gasteiger partial charge in [0.15, 0.2) is 0 Å². The topological polar surface area (TPSA) is 86.7 Å². The van der Waals surface area contributed by atoms with Crippen LogP contribution in [0.2, 0.25) is 0 Å². The molecule has 2 aromatic carbocycles. The van der Waals surface area contributed by atoms with Crippen molar-refractivity contribution in [2.24, 2.45) is 5.73 Å². The summed E-state index contributed by atoms with van der Waals surface area (Å²) < 4.78 is 13.4. The van der Waals surface area contributed by atoms with Crippen molar-refractivity contribution in [2.75, 3.05) is 6.54 Å². The molecule has 5 nitrogen and oxygen atoms in total. The molecule has 138 valence electrons. The first kappa shape index (κ1) is 17.3. The Morgan fingerprint density at radius 1 is 1.04 bits per heavy atom. The zero-order valence-electron chi connectivity index (χ0n) is 14.8. The Morgan fingerprint density at radius 3 is 2.63 bits per heavy atom. The number of benzene rings is 2. The van der Waals surface area contributed by atoms with Crippen LogP contribution in [-0.4, -0.2) is 28.5 Å². The van der Waals surface area contributed by atoms with Crippen LogP contribution in [0.15, 0.2) is 54.9 Å². The monoisotopic (exact) mass is 364 g/mol. The SMILES string of the molecule is NC(Cc1c[nH]c2ccccc12)C(=O)NCCc1c[nH]c2ccc(F)cc12. The standard InChI is InChI=1S/C21H21FN4O/c22-15-5-6-20-17(10-15)13(11-25-20)7-8-24-21(27)18(23)9-14-12-26-19-4-2-1-3-16(14)19/h1-6,10-12,18,25-26H,7-9,23H2,(H,24,27). The van der Waals surface area contributed by atoms with E-state index in [0.29, 0.717) is 19.4 Å². The molecule has 1 unspecified atom stereocenters. The number of rotatable bonds is 6. The summed E-state index contributed by atoms with van der Waals surface area (Å²) in [7, 11) is 0. The third kappa shape index (κ3) is 3.57. The average Bonchev–Trinajstić information content (AvgIpc) is 3.26. The fraction of sp³-hybridized carbons (Fsp3) is 0.190. The Balaban J connectivity index is 1.35. The van der Waals surface area contributed by atoms with Crippen molar-refractivity contribution in [1.29, 1.82) is 0 Å². The smallest absolute Gasteiger partial charge is 0.237 e. The maximum Gasteiger partial charge on any atom is 0.237 e. The zero-order chi connectivity index (χ0) is 18.8. The Bertz CT molecular complexity index is 1100. The average molecular weight is 364 g/mol. The van der Waals surface area contributed by atoms with E-state index in [1.807, 2.05) is 36.7 Å². The van der Waals surface area contributed by atoms with Crippen LogP contribution in [0.5, 0.6) is 0 Å². The van der Waals surface area contributed by atoms with Crippen LogP contribution >= 0.6 is 0 Å². The number of hydrogen-bond donors (Lipinski definition) is 4. The molecule has 0 fully saturated rings. The molecule has 0 saturated heterocycles. The molecule has 0 aliphatic carbocycles.